The molecule has 1 amide bonds. The lowest BCUT2D eigenvalue weighted by Crippen LogP contribution is -2.33. The summed E-state index contributed by atoms with van der Waals surface area (Å²) in [6.07, 6.45) is 0.764. The third-order valence-electron chi connectivity index (χ3n) is 2.21. The number of nitrogens with one attached hydrogen (secondary N) is 2. The number of carbonyl (C=O) groups excluding carboxylic acids is 1. The van der Waals surface area contributed by atoms with Crippen molar-refractivity contribution < 1.29 is 9.53 Å². The second-order valence-corrected chi connectivity index (χ2v) is 4.64. The molecule has 0 saturated heterocycles. The number of hydrogen-bond acceptors (Lipinski definition) is 6. The van der Waals surface area contributed by atoms with Crippen molar-refractivity contribution in [3.05, 3.63) is 4.88 Å². The second kappa shape index (κ2) is 6.41. The molecular weight excluding hydrogens is 240 g/mol. The third kappa shape index (κ3) is 3.86. The average molecular weight is 258 g/mol. The fraction of sp³-hybridized carbons (Fsp3) is 0.600. The molecule has 96 valence electrons. The Hall–Kier alpha value is -1.34. The van der Waals surface area contributed by atoms with Gasteiger partial charge < -0.3 is 21.1 Å². The van der Waals surface area contributed by atoms with Crippen molar-refractivity contribution in [2.45, 2.75) is 19.4 Å². The van der Waals surface area contributed by atoms with Crippen LogP contribution in [0.5, 0.6) is 0 Å². The van der Waals surface area contributed by atoms with Gasteiger partial charge in [0.2, 0.25) is 0 Å². The summed E-state index contributed by atoms with van der Waals surface area (Å²) in [5, 5.41) is 6.35. The Balaban J connectivity index is 2.59. The lowest BCUT2D eigenvalue weighted by molar-refractivity contribution is 0.0934. The maximum absolute atomic E-state index is 11.9. The van der Waals surface area contributed by atoms with Crippen molar-refractivity contribution in [1.82, 2.24) is 10.3 Å². The number of nitrogen functional groups attached to an aromatic ring is 1. The molecule has 0 aliphatic heterocycles. The number of ether oxygens (including phenoxy) is 1. The molecule has 4 N–H and O–H groups in total. The molecule has 6 nitrogen and oxygen atoms in total. The first kappa shape index (κ1) is 13.7. The van der Waals surface area contributed by atoms with Crippen LogP contribution in [0.4, 0.5) is 10.9 Å². The van der Waals surface area contributed by atoms with Crippen LogP contribution in [0.25, 0.3) is 0 Å². The van der Waals surface area contributed by atoms with Crippen molar-refractivity contribution in [3.63, 3.8) is 0 Å². The first-order valence-corrected chi connectivity index (χ1v) is 6.14. The van der Waals surface area contributed by atoms with Gasteiger partial charge in [0, 0.05) is 26.8 Å². The first-order chi connectivity index (χ1) is 8.08. The Kier molecular flexibility index (Phi) is 5.17. The molecule has 1 aromatic heterocycles. The van der Waals surface area contributed by atoms with Gasteiger partial charge in [0.1, 0.15) is 10.7 Å². The van der Waals surface area contributed by atoms with E-state index in [4.69, 9.17) is 10.5 Å². The van der Waals surface area contributed by atoms with E-state index < -0.39 is 0 Å². The number of aromatic nitrogens is 1. The summed E-state index contributed by atoms with van der Waals surface area (Å²) in [5.74, 6) is 0.0703. The Morgan fingerprint density at radius 2 is 2.35 bits per heavy atom. The summed E-state index contributed by atoms with van der Waals surface area (Å²) in [6, 6.07) is 0.0435. The van der Waals surface area contributed by atoms with Crippen LogP contribution in [0.2, 0.25) is 0 Å². The summed E-state index contributed by atoms with van der Waals surface area (Å²) in [4.78, 5) is 16.3. The molecule has 17 heavy (non-hydrogen) atoms. The summed E-state index contributed by atoms with van der Waals surface area (Å²) >= 11 is 1.24. The maximum atomic E-state index is 11.9. The quantitative estimate of drug-likeness (QED) is 0.706. The van der Waals surface area contributed by atoms with E-state index >= 15 is 0 Å². The molecule has 1 atom stereocenters. The normalized spacial score (nSPS) is 12.2. The van der Waals surface area contributed by atoms with E-state index in [9.17, 15) is 4.79 Å². The highest BCUT2D eigenvalue weighted by Crippen LogP contribution is 2.24. The molecular formula is C10H18N4O2S. The minimum absolute atomic E-state index is 0.0435. The lowest BCUT2D eigenvalue weighted by Gasteiger charge is -2.12. The van der Waals surface area contributed by atoms with Crippen molar-refractivity contribution >= 4 is 28.2 Å². The van der Waals surface area contributed by atoms with Crippen LogP contribution < -0.4 is 16.4 Å². The zero-order chi connectivity index (χ0) is 12.8. The number of carbonyl (C=O) groups is 1. The van der Waals surface area contributed by atoms with Gasteiger partial charge in [-0.3, -0.25) is 4.79 Å². The molecule has 0 radical (unpaired) electrons. The number of rotatable bonds is 6. The van der Waals surface area contributed by atoms with Crippen LogP contribution in [0, 0.1) is 0 Å². The minimum Gasteiger partial charge on any atom is -0.385 e. The number of thiazole rings is 1. The number of nitrogens with two attached hydrogens (primary N) is 1. The van der Waals surface area contributed by atoms with E-state index in [-0.39, 0.29) is 17.8 Å². The van der Waals surface area contributed by atoms with Gasteiger partial charge in [-0.05, 0) is 13.3 Å². The highest BCUT2D eigenvalue weighted by atomic mass is 32.1. The predicted molar refractivity (Wildman–Crippen MR) is 69.5 cm³/mol. The van der Waals surface area contributed by atoms with Gasteiger partial charge in [-0.2, -0.15) is 0 Å². The lowest BCUT2D eigenvalue weighted by atomic mass is 10.2. The van der Waals surface area contributed by atoms with Gasteiger partial charge in [0.05, 0.1) is 0 Å². The fourth-order valence-electron chi connectivity index (χ4n) is 1.26. The molecule has 0 aliphatic carbocycles. The van der Waals surface area contributed by atoms with E-state index in [0.29, 0.717) is 16.6 Å². The standard InChI is InChI=1S/C10H18N4O2S/c1-6(4-5-16-3)13-9(15)7-8(11)14-10(12-2)17-7/h6H,4-5,11H2,1-3H3,(H,12,14)(H,13,15). The van der Waals surface area contributed by atoms with Crippen LogP contribution in [0.3, 0.4) is 0 Å². The van der Waals surface area contributed by atoms with E-state index in [2.05, 4.69) is 15.6 Å². The van der Waals surface area contributed by atoms with Crippen molar-refractivity contribution in [2.24, 2.45) is 0 Å². The molecule has 1 rings (SSSR count). The molecule has 1 aromatic rings. The molecule has 0 bridgehead atoms. The molecule has 0 aromatic carbocycles. The molecule has 7 heteroatoms. The minimum atomic E-state index is -0.190. The van der Waals surface area contributed by atoms with Crippen LogP contribution in [0.1, 0.15) is 23.0 Å². The molecule has 0 aliphatic rings. The monoisotopic (exact) mass is 258 g/mol. The van der Waals surface area contributed by atoms with Gasteiger partial charge in [-0.15, -0.1) is 0 Å². The number of amides is 1. The zero-order valence-corrected chi connectivity index (χ0v) is 11.1. The van der Waals surface area contributed by atoms with Gasteiger partial charge >= 0.3 is 0 Å². The number of methoxy groups -OCH3 is 1. The summed E-state index contributed by atoms with van der Waals surface area (Å²) in [7, 11) is 3.37. The van der Waals surface area contributed by atoms with Crippen LogP contribution in [-0.2, 0) is 4.74 Å². The summed E-state index contributed by atoms with van der Waals surface area (Å²) in [5.41, 5.74) is 5.67. The number of anilines is 2. The Labute approximate surface area is 105 Å². The predicted octanol–water partition coefficient (Wildman–Crippen LogP) is 0.922. The maximum Gasteiger partial charge on any atom is 0.265 e. The van der Waals surface area contributed by atoms with Crippen LogP contribution in [-0.4, -0.2) is 37.7 Å². The van der Waals surface area contributed by atoms with E-state index in [1.807, 2.05) is 6.92 Å². The van der Waals surface area contributed by atoms with E-state index in [0.717, 1.165) is 6.42 Å². The average Bonchev–Trinajstić information content (AvgIpc) is 2.68. The van der Waals surface area contributed by atoms with Gasteiger partial charge in [0.25, 0.3) is 5.91 Å². The Morgan fingerprint density at radius 1 is 1.65 bits per heavy atom. The van der Waals surface area contributed by atoms with Gasteiger partial charge in [-0.1, -0.05) is 11.3 Å². The van der Waals surface area contributed by atoms with Crippen molar-refractivity contribution in [2.75, 3.05) is 31.8 Å². The summed E-state index contributed by atoms with van der Waals surface area (Å²) in [6.45, 7) is 2.54. The smallest absolute Gasteiger partial charge is 0.265 e. The summed E-state index contributed by atoms with van der Waals surface area (Å²) < 4.78 is 4.95. The third-order valence-corrected chi connectivity index (χ3v) is 3.29. The zero-order valence-electron chi connectivity index (χ0n) is 10.2. The molecule has 1 heterocycles. The fourth-order valence-corrected chi connectivity index (χ4v) is 2.00. The number of nitrogens with zero attached hydrogens (tertiary/aromatic N) is 1. The first-order valence-electron chi connectivity index (χ1n) is 5.32. The largest absolute Gasteiger partial charge is 0.385 e. The Morgan fingerprint density at radius 3 is 2.88 bits per heavy atom. The van der Waals surface area contributed by atoms with Gasteiger partial charge in [-0.25, -0.2) is 4.98 Å². The van der Waals surface area contributed by atoms with E-state index in [1.54, 1.807) is 14.2 Å². The second-order valence-electron chi connectivity index (χ2n) is 3.64. The molecule has 1 unspecified atom stereocenters. The topological polar surface area (TPSA) is 89.3 Å². The highest BCUT2D eigenvalue weighted by molar-refractivity contribution is 7.18. The number of hydrogen-bond donors (Lipinski definition) is 3. The highest BCUT2D eigenvalue weighted by Gasteiger charge is 2.17. The molecule has 0 spiro atoms. The van der Waals surface area contributed by atoms with Crippen molar-refractivity contribution in [1.29, 1.82) is 0 Å². The van der Waals surface area contributed by atoms with Crippen LogP contribution in [0.15, 0.2) is 0 Å². The SMILES string of the molecule is CNc1nc(N)c(C(=O)NC(C)CCOC)s1. The molecule has 0 fully saturated rings. The van der Waals surface area contributed by atoms with Crippen molar-refractivity contribution in [3.8, 4) is 0 Å². The Bertz CT molecular complexity index is 380. The van der Waals surface area contributed by atoms with E-state index in [1.165, 1.54) is 11.3 Å². The van der Waals surface area contributed by atoms with Gasteiger partial charge in [0.15, 0.2) is 5.13 Å². The van der Waals surface area contributed by atoms with Crippen LogP contribution >= 0.6 is 11.3 Å². The molecule has 0 saturated carbocycles.